The molecular formula is C16H19NO2S. The minimum atomic E-state index is -2.84. The van der Waals surface area contributed by atoms with Gasteiger partial charge in [0.2, 0.25) is 0 Å². The Balaban J connectivity index is 1.62. The van der Waals surface area contributed by atoms with Crippen molar-refractivity contribution in [2.75, 3.05) is 12.3 Å². The molecule has 4 heteroatoms. The van der Waals surface area contributed by atoms with Gasteiger partial charge < -0.3 is 5.32 Å². The van der Waals surface area contributed by atoms with E-state index in [1.165, 1.54) is 16.3 Å². The van der Waals surface area contributed by atoms with Gasteiger partial charge in [0.25, 0.3) is 0 Å². The molecule has 1 N–H and O–H groups in total. The lowest BCUT2D eigenvalue weighted by Gasteiger charge is -2.11. The van der Waals surface area contributed by atoms with E-state index < -0.39 is 9.84 Å². The molecule has 106 valence electrons. The van der Waals surface area contributed by atoms with Gasteiger partial charge in [0.05, 0.1) is 11.0 Å². The molecule has 1 aliphatic heterocycles. The van der Waals surface area contributed by atoms with Gasteiger partial charge in [0, 0.05) is 13.1 Å². The van der Waals surface area contributed by atoms with Crippen LogP contribution in [0.1, 0.15) is 18.4 Å². The predicted molar refractivity (Wildman–Crippen MR) is 82.5 cm³/mol. The largest absolute Gasteiger partial charge is 0.311 e. The Hall–Kier alpha value is -1.39. The van der Waals surface area contributed by atoms with Crippen LogP contribution in [0.15, 0.2) is 42.5 Å². The van der Waals surface area contributed by atoms with Gasteiger partial charge in [-0.15, -0.1) is 0 Å². The molecular weight excluding hydrogens is 270 g/mol. The fourth-order valence-corrected chi connectivity index (χ4v) is 4.61. The van der Waals surface area contributed by atoms with E-state index in [2.05, 4.69) is 35.6 Å². The fourth-order valence-electron chi connectivity index (χ4n) is 2.81. The van der Waals surface area contributed by atoms with Crippen molar-refractivity contribution in [2.45, 2.75) is 24.6 Å². The average molecular weight is 289 g/mol. The Labute approximate surface area is 119 Å². The van der Waals surface area contributed by atoms with Gasteiger partial charge in [0.15, 0.2) is 9.84 Å². The second-order valence-corrected chi connectivity index (χ2v) is 7.84. The Kier molecular flexibility index (Phi) is 3.76. The minimum Gasteiger partial charge on any atom is -0.311 e. The minimum absolute atomic E-state index is 0.192. The average Bonchev–Trinajstić information content (AvgIpc) is 2.78. The van der Waals surface area contributed by atoms with Crippen molar-refractivity contribution in [3.63, 3.8) is 0 Å². The second kappa shape index (κ2) is 5.54. The first-order valence-electron chi connectivity index (χ1n) is 7.05. The summed E-state index contributed by atoms with van der Waals surface area (Å²) in [7, 11) is -2.84. The van der Waals surface area contributed by atoms with Crippen LogP contribution in [0.25, 0.3) is 10.8 Å². The summed E-state index contributed by atoms with van der Waals surface area (Å²) < 4.78 is 23.5. The van der Waals surface area contributed by atoms with E-state index >= 15 is 0 Å². The molecule has 1 atom stereocenters. The van der Waals surface area contributed by atoms with Crippen LogP contribution >= 0.6 is 0 Å². The number of nitrogens with one attached hydrogen (secondary N) is 1. The van der Waals surface area contributed by atoms with Gasteiger partial charge in [-0.2, -0.15) is 0 Å². The highest BCUT2D eigenvalue weighted by Gasteiger charge is 2.30. The molecule has 0 radical (unpaired) electrons. The Morgan fingerprint density at radius 1 is 1.10 bits per heavy atom. The third-order valence-electron chi connectivity index (χ3n) is 3.98. The van der Waals surface area contributed by atoms with Crippen LogP contribution in [0.5, 0.6) is 0 Å². The zero-order valence-corrected chi connectivity index (χ0v) is 12.2. The maximum absolute atomic E-state index is 11.7. The van der Waals surface area contributed by atoms with Crippen molar-refractivity contribution < 1.29 is 8.42 Å². The summed E-state index contributed by atoms with van der Waals surface area (Å²) in [6, 6.07) is 14.6. The fraction of sp³-hybridized carbons (Fsp3) is 0.375. The molecule has 0 bridgehead atoms. The van der Waals surface area contributed by atoms with Crippen LogP contribution in [-0.4, -0.2) is 26.0 Å². The van der Waals surface area contributed by atoms with E-state index in [-0.39, 0.29) is 5.25 Å². The summed E-state index contributed by atoms with van der Waals surface area (Å²) in [6.45, 7) is 1.28. The second-order valence-electron chi connectivity index (χ2n) is 5.44. The highest BCUT2D eigenvalue weighted by Crippen LogP contribution is 2.19. The molecule has 3 nitrogen and oxygen atoms in total. The maximum Gasteiger partial charge on any atom is 0.154 e. The van der Waals surface area contributed by atoms with Gasteiger partial charge in [-0.3, -0.25) is 0 Å². The summed E-state index contributed by atoms with van der Waals surface area (Å²) in [5, 5.41) is 5.55. The quantitative estimate of drug-likeness (QED) is 0.940. The molecule has 1 unspecified atom stereocenters. The summed E-state index contributed by atoms with van der Waals surface area (Å²) in [5.74, 6) is 0.356. The summed E-state index contributed by atoms with van der Waals surface area (Å²) >= 11 is 0. The SMILES string of the molecule is O=S1(=O)CCCC1CNCc1ccc2ccccc2c1. The predicted octanol–water partition coefficient (Wildman–Crippen LogP) is 2.51. The van der Waals surface area contributed by atoms with E-state index in [1.807, 2.05) is 12.1 Å². The molecule has 0 aliphatic carbocycles. The number of fused-ring (bicyclic) bond motifs is 1. The first-order valence-corrected chi connectivity index (χ1v) is 8.77. The molecule has 3 rings (SSSR count). The summed E-state index contributed by atoms with van der Waals surface area (Å²) in [5.41, 5.74) is 1.19. The molecule has 0 amide bonds. The third kappa shape index (κ3) is 2.86. The molecule has 2 aromatic rings. The summed E-state index contributed by atoms with van der Waals surface area (Å²) in [4.78, 5) is 0. The zero-order valence-electron chi connectivity index (χ0n) is 11.4. The van der Waals surface area contributed by atoms with Crippen molar-refractivity contribution in [3.8, 4) is 0 Å². The van der Waals surface area contributed by atoms with E-state index in [9.17, 15) is 8.42 Å². The van der Waals surface area contributed by atoms with E-state index in [0.717, 1.165) is 19.4 Å². The molecule has 1 aliphatic rings. The standard InChI is InChI=1S/C16H19NO2S/c18-20(19)9-3-6-16(20)12-17-11-13-7-8-14-4-1-2-5-15(14)10-13/h1-2,4-5,7-8,10,16-17H,3,6,9,11-12H2. The monoisotopic (exact) mass is 289 g/mol. The number of rotatable bonds is 4. The molecule has 20 heavy (non-hydrogen) atoms. The van der Waals surface area contributed by atoms with Crippen LogP contribution in [0, 0.1) is 0 Å². The van der Waals surface area contributed by atoms with Crippen LogP contribution < -0.4 is 5.32 Å². The lowest BCUT2D eigenvalue weighted by Crippen LogP contribution is -2.30. The van der Waals surface area contributed by atoms with Gasteiger partial charge >= 0.3 is 0 Å². The molecule has 1 heterocycles. The number of sulfone groups is 1. The van der Waals surface area contributed by atoms with Gasteiger partial charge in [-0.1, -0.05) is 36.4 Å². The Morgan fingerprint density at radius 2 is 1.90 bits per heavy atom. The van der Waals surface area contributed by atoms with Gasteiger partial charge in [-0.05, 0) is 35.2 Å². The number of hydrogen-bond acceptors (Lipinski definition) is 3. The topological polar surface area (TPSA) is 46.2 Å². The van der Waals surface area contributed by atoms with Crippen molar-refractivity contribution in [1.82, 2.24) is 5.32 Å². The van der Waals surface area contributed by atoms with Crippen LogP contribution in [0.3, 0.4) is 0 Å². The van der Waals surface area contributed by atoms with Crippen molar-refractivity contribution in [2.24, 2.45) is 0 Å². The molecule has 0 saturated carbocycles. The molecule has 2 aromatic carbocycles. The summed E-state index contributed by atoms with van der Waals surface area (Å²) in [6.07, 6.45) is 1.61. The van der Waals surface area contributed by atoms with E-state index in [4.69, 9.17) is 0 Å². The van der Waals surface area contributed by atoms with Gasteiger partial charge in [-0.25, -0.2) is 8.42 Å². The highest BCUT2D eigenvalue weighted by atomic mass is 32.2. The van der Waals surface area contributed by atoms with Crippen LogP contribution in [0.2, 0.25) is 0 Å². The Morgan fingerprint density at radius 3 is 2.65 bits per heavy atom. The normalized spacial score (nSPS) is 21.3. The first-order chi connectivity index (χ1) is 9.65. The van der Waals surface area contributed by atoms with Crippen LogP contribution in [-0.2, 0) is 16.4 Å². The van der Waals surface area contributed by atoms with Crippen molar-refractivity contribution in [3.05, 3.63) is 48.0 Å². The van der Waals surface area contributed by atoms with E-state index in [0.29, 0.717) is 12.3 Å². The lowest BCUT2D eigenvalue weighted by molar-refractivity contribution is 0.574. The van der Waals surface area contributed by atoms with E-state index in [1.54, 1.807) is 0 Å². The molecule has 0 aromatic heterocycles. The molecule has 1 saturated heterocycles. The van der Waals surface area contributed by atoms with Crippen molar-refractivity contribution in [1.29, 1.82) is 0 Å². The van der Waals surface area contributed by atoms with Gasteiger partial charge in [0.1, 0.15) is 0 Å². The number of hydrogen-bond donors (Lipinski definition) is 1. The molecule has 0 spiro atoms. The molecule has 1 fully saturated rings. The first kappa shape index (κ1) is 13.6. The Bertz CT molecular complexity index is 709. The third-order valence-corrected chi connectivity index (χ3v) is 6.25. The zero-order chi connectivity index (χ0) is 14.0. The van der Waals surface area contributed by atoms with Crippen molar-refractivity contribution >= 4 is 20.6 Å². The van der Waals surface area contributed by atoms with Crippen LogP contribution in [0.4, 0.5) is 0 Å². The highest BCUT2D eigenvalue weighted by molar-refractivity contribution is 7.92. The lowest BCUT2D eigenvalue weighted by atomic mass is 10.1. The number of benzene rings is 2. The smallest absolute Gasteiger partial charge is 0.154 e. The maximum atomic E-state index is 11.7.